The standard InChI is InChI=1S/C18H16BrFN4OS/c19-14-5-3-13(4-6-14)17-22-18(24-23-17)26-11-16(25)21-10-9-12-1-7-15(20)8-2-12/h1-8H,9-11H2,(H,21,25)(H,22,23,24). The Labute approximate surface area is 162 Å². The zero-order valence-corrected chi connectivity index (χ0v) is 16.1. The molecule has 3 aromatic rings. The molecule has 0 spiro atoms. The Morgan fingerprint density at radius 3 is 2.62 bits per heavy atom. The molecule has 1 amide bonds. The van der Waals surface area contributed by atoms with E-state index in [1.54, 1.807) is 12.1 Å². The van der Waals surface area contributed by atoms with E-state index in [1.807, 2.05) is 24.3 Å². The van der Waals surface area contributed by atoms with Crippen LogP contribution in [0.25, 0.3) is 11.4 Å². The first-order valence-electron chi connectivity index (χ1n) is 7.92. The van der Waals surface area contributed by atoms with E-state index in [9.17, 15) is 9.18 Å². The number of rotatable bonds is 7. The van der Waals surface area contributed by atoms with Crippen LogP contribution < -0.4 is 5.32 Å². The molecule has 3 rings (SSSR count). The number of carbonyl (C=O) groups is 1. The Morgan fingerprint density at radius 1 is 1.15 bits per heavy atom. The van der Waals surface area contributed by atoms with Gasteiger partial charge in [-0.3, -0.25) is 9.89 Å². The highest BCUT2D eigenvalue weighted by Gasteiger charge is 2.09. The molecule has 0 fully saturated rings. The highest BCUT2D eigenvalue weighted by atomic mass is 79.9. The Morgan fingerprint density at radius 2 is 1.88 bits per heavy atom. The van der Waals surface area contributed by atoms with Gasteiger partial charge in [-0.25, -0.2) is 9.37 Å². The number of hydrogen-bond donors (Lipinski definition) is 2. The van der Waals surface area contributed by atoms with Gasteiger partial charge in [-0.15, -0.1) is 5.10 Å². The highest BCUT2D eigenvalue weighted by Crippen LogP contribution is 2.21. The summed E-state index contributed by atoms with van der Waals surface area (Å²) in [5.74, 6) is 0.549. The van der Waals surface area contributed by atoms with Gasteiger partial charge in [0, 0.05) is 16.6 Å². The van der Waals surface area contributed by atoms with Crippen LogP contribution in [-0.4, -0.2) is 33.4 Å². The lowest BCUT2D eigenvalue weighted by Gasteiger charge is -2.04. The van der Waals surface area contributed by atoms with Gasteiger partial charge in [0.05, 0.1) is 5.75 Å². The normalized spacial score (nSPS) is 10.7. The summed E-state index contributed by atoms with van der Waals surface area (Å²) in [6.45, 7) is 0.503. The molecule has 0 radical (unpaired) electrons. The van der Waals surface area contributed by atoms with Gasteiger partial charge in [-0.2, -0.15) is 0 Å². The van der Waals surface area contributed by atoms with Crippen molar-refractivity contribution in [3.8, 4) is 11.4 Å². The fourth-order valence-corrected chi connectivity index (χ4v) is 3.12. The summed E-state index contributed by atoms with van der Waals surface area (Å²) < 4.78 is 13.8. The van der Waals surface area contributed by atoms with Crippen LogP contribution in [0, 0.1) is 5.82 Å². The number of H-pyrrole nitrogens is 1. The number of amides is 1. The average molecular weight is 435 g/mol. The summed E-state index contributed by atoms with van der Waals surface area (Å²) in [6.07, 6.45) is 0.658. The molecule has 5 nitrogen and oxygen atoms in total. The Bertz CT molecular complexity index is 868. The fraction of sp³-hybridized carbons (Fsp3) is 0.167. The van der Waals surface area contributed by atoms with Gasteiger partial charge in [0.2, 0.25) is 11.1 Å². The van der Waals surface area contributed by atoms with Crippen LogP contribution in [0.3, 0.4) is 0 Å². The van der Waals surface area contributed by atoms with Crippen molar-refractivity contribution in [3.63, 3.8) is 0 Å². The number of aromatic nitrogens is 3. The van der Waals surface area contributed by atoms with Gasteiger partial charge >= 0.3 is 0 Å². The zero-order chi connectivity index (χ0) is 18.4. The minimum absolute atomic E-state index is 0.0906. The van der Waals surface area contributed by atoms with Crippen molar-refractivity contribution >= 4 is 33.6 Å². The minimum Gasteiger partial charge on any atom is -0.355 e. The smallest absolute Gasteiger partial charge is 0.230 e. The number of carbonyl (C=O) groups excluding carboxylic acids is 1. The van der Waals surface area contributed by atoms with Gasteiger partial charge in [0.25, 0.3) is 0 Å². The summed E-state index contributed by atoms with van der Waals surface area (Å²) in [7, 11) is 0. The van der Waals surface area contributed by atoms with Gasteiger partial charge in [0.1, 0.15) is 5.82 Å². The summed E-state index contributed by atoms with van der Waals surface area (Å²) in [6, 6.07) is 14.0. The number of nitrogens with one attached hydrogen (secondary N) is 2. The number of halogens is 2. The van der Waals surface area contributed by atoms with Gasteiger partial charge in [-0.1, -0.05) is 52.0 Å². The largest absolute Gasteiger partial charge is 0.355 e. The molecule has 0 atom stereocenters. The molecule has 26 heavy (non-hydrogen) atoms. The molecule has 8 heteroatoms. The molecule has 0 aliphatic heterocycles. The number of hydrogen-bond acceptors (Lipinski definition) is 4. The number of aromatic amines is 1. The van der Waals surface area contributed by atoms with E-state index in [-0.39, 0.29) is 17.5 Å². The third-order valence-corrected chi connectivity index (χ3v) is 4.94. The van der Waals surface area contributed by atoms with Crippen LogP contribution in [0.15, 0.2) is 58.2 Å². The Balaban J connectivity index is 1.43. The summed E-state index contributed by atoms with van der Waals surface area (Å²) in [5.41, 5.74) is 1.91. The lowest BCUT2D eigenvalue weighted by atomic mass is 10.1. The second-order valence-corrected chi connectivity index (χ2v) is 7.35. The minimum atomic E-state index is -0.261. The van der Waals surface area contributed by atoms with E-state index in [4.69, 9.17) is 0 Å². The van der Waals surface area contributed by atoms with Crippen molar-refractivity contribution in [2.24, 2.45) is 0 Å². The maximum Gasteiger partial charge on any atom is 0.230 e. The highest BCUT2D eigenvalue weighted by molar-refractivity contribution is 9.10. The van der Waals surface area contributed by atoms with Crippen LogP contribution in [-0.2, 0) is 11.2 Å². The number of benzene rings is 2. The van der Waals surface area contributed by atoms with Crippen LogP contribution in [0.1, 0.15) is 5.56 Å². The molecule has 1 aromatic heterocycles. The summed E-state index contributed by atoms with van der Waals surface area (Å²) >= 11 is 4.66. The second-order valence-electron chi connectivity index (χ2n) is 5.49. The quantitative estimate of drug-likeness (QED) is 0.554. The molecule has 2 N–H and O–H groups in total. The Hall–Kier alpha value is -2.19. The molecule has 0 aliphatic rings. The van der Waals surface area contributed by atoms with Crippen LogP contribution in [0.5, 0.6) is 0 Å². The first kappa shape index (κ1) is 18.6. The van der Waals surface area contributed by atoms with E-state index in [1.165, 1.54) is 23.9 Å². The SMILES string of the molecule is O=C(CSc1n[nH]c(-c2ccc(Br)cc2)n1)NCCc1ccc(F)cc1. The van der Waals surface area contributed by atoms with E-state index in [0.717, 1.165) is 15.6 Å². The molecule has 134 valence electrons. The van der Waals surface area contributed by atoms with Crippen LogP contribution >= 0.6 is 27.7 Å². The second kappa shape index (κ2) is 8.95. The van der Waals surface area contributed by atoms with Crippen molar-refractivity contribution in [2.45, 2.75) is 11.6 Å². The molecule has 0 unspecified atom stereocenters. The summed E-state index contributed by atoms with van der Waals surface area (Å²) in [5, 5.41) is 10.4. The fourth-order valence-electron chi connectivity index (χ4n) is 2.23. The summed E-state index contributed by atoms with van der Waals surface area (Å²) in [4.78, 5) is 16.3. The third-order valence-electron chi connectivity index (χ3n) is 3.56. The molecular weight excluding hydrogens is 419 g/mol. The van der Waals surface area contributed by atoms with E-state index in [0.29, 0.717) is 23.9 Å². The molecule has 0 aliphatic carbocycles. The zero-order valence-electron chi connectivity index (χ0n) is 13.7. The average Bonchev–Trinajstić information content (AvgIpc) is 3.11. The first-order valence-corrected chi connectivity index (χ1v) is 9.70. The molecule has 0 saturated carbocycles. The third kappa shape index (κ3) is 5.40. The topological polar surface area (TPSA) is 70.7 Å². The van der Waals surface area contributed by atoms with Crippen LogP contribution in [0.4, 0.5) is 4.39 Å². The first-order chi connectivity index (χ1) is 12.6. The Kier molecular flexibility index (Phi) is 6.40. The number of thioether (sulfide) groups is 1. The predicted octanol–water partition coefficient (Wildman–Crippen LogP) is 3.82. The molecule has 1 heterocycles. The lowest BCUT2D eigenvalue weighted by Crippen LogP contribution is -2.27. The maximum absolute atomic E-state index is 12.8. The van der Waals surface area contributed by atoms with E-state index >= 15 is 0 Å². The van der Waals surface area contributed by atoms with Crippen molar-refractivity contribution in [1.29, 1.82) is 0 Å². The molecule has 2 aromatic carbocycles. The van der Waals surface area contributed by atoms with E-state index in [2.05, 4.69) is 36.4 Å². The van der Waals surface area contributed by atoms with Gasteiger partial charge in [-0.05, 0) is 36.2 Å². The van der Waals surface area contributed by atoms with Crippen molar-refractivity contribution in [1.82, 2.24) is 20.5 Å². The lowest BCUT2D eigenvalue weighted by molar-refractivity contribution is -0.118. The van der Waals surface area contributed by atoms with Crippen molar-refractivity contribution in [3.05, 3.63) is 64.4 Å². The number of nitrogens with zero attached hydrogens (tertiary/aromatic N) is 2. The maximum atomic E-state index is 12.8. The van der Waals surface area contributed by atoms with Gasteiger partial charge < -0.3 is 5.32 Å². The molecule has 0 bridgehead atoms. The molecular formula is C18H16BrFN4OS. The molecule has 0 saturated heterocycles. The monoisotopic (exact) mass is 434 g/mol. The van der Waals surface area contributed by atoms with Crippen molar-refractivity contribution in [2.75, 3.05) is 12.3 Å². The van der Waals surface area contributed by atoms with Crippen molar-refractivity contribution < 1.29 is 9.18 Å². The van der Waals surface area contributed by atoms with E-state index < -0.39 is 0 Å². The van der Waals surface area contributed by atoms with Gasteiger partial charge in [0.15, 0.2) is 5.82 Å². The van der Waals surface area contributed by atoms with Crippen LogP contribution in [0.2, 0.25) is 0 Å². The predicted molar refractivity (Wildman–Crippen MR) is 103 cm³/mol.